The van der Waals surface area contributed by atoms with Crippen molar-refractivity contribution in [3.05, 3.63) is 34.6 Å². The maximum atomic E-state index is 13.2. The highest BCUT2D eigenvalue weighted by molar-refractivity contribution is 5.88. The number of nitriles is 1. The van der Waals surface area contributed by atoms with Crippen molar-refractivity contribution in [1.82, 2.24) is 0 Å². The maximum absolute atomic E-state index is 13.2. The Balaban J connectivity index is 2.60. The summed E-state index contributed by atoms with van der Waals surface area (Å²) in [5, 5.41) is 8.56. The molecule has 0 heterocycles. The van der Waals surface area contributed by atoms with E-state index in [1.165, 1.54) is 6.07 Å². The zero-order valence-corrected chi connectivity index (χ0v) is 6.80. The van der Waals surface area contributed by atoms with Crippen LogP contribution in [-0.4, -0.2) is 5.78 Å². The van der Waals surface area contributed by atoms with E-state index in [-0.39, 0.29) is 24.2 Å². The van der Waals surface area contributed by atoms with Crippen LogP contribution in [0.2, 0.25) is 0 Å². The van der Waals surface area contributed by atoms with Crippen LogP contribution in [0.4, 0.5) is 4.39 Å². The van der Waals surface area contributed by atoms with Crippen LogP contribution in [0.3, 0.4) is 0 Å². The Hall–Kier alpha value is -1.69. The number of ketones is 1. The molecule has 0 spiro atoms. The average Bonchev–Trinajstić information content (AvgIpc) is 2.46. The lowest BCUT2D eigenvalue weighted by Crippen LogP contribution is -1.93. The summed E-state index contributed by atoms with van der Waals surface area (Å²) in [5.41, 5.74) is 1.41. The minimum atomic E-state index is -0.431. The van der Waals surface area contributed by atoms with Gasteiger partial charge in [-0.1, -0.05) is 0 Å². The second kappa shape index (κ2) is 2.67. The van der Waals surface area contributed by atoms with Gasteiger partial charge in [-0.05, 0) is 23.3 Å². The van der Waals surface area contributed by atoms with E-state index in [2.05, 4.69) is 0 Å². The van der Waals surface area contributed by atoms with Crippen molar-refractivity contribution < 1.29 is 9.18 Å². The highest BCUT2D eigenvalue weighted by Gasteiger charge is 2.22. The molecule has 2 nitrogen and oxygen atoms in total. The van der Waals surface area contributed by atoms with E-state index in [9.17, 15) is 9.18 Å². The predicted octanol–water partition coefficient (Wildman–Crippen LogP) is 1.37. The van der Waals surface area contributed by atoms with Gasteiger partial charge in [0.25, 0.3) is 0 Å². The number of Topliss-reactive ketones (excluding diaryl/α,β-unsaturated/α-hetero) is 1. The molecule has 1 aromatic rings. The number of rotatable bonds is 0. The van der Waals surface area contributed by atoms with E-state index in [1.54, 1.807) is 6.07 Å². The van der Waals surface area contributed by atoms with E-state index in [4.69, 9.17) is 5.26 Å². The molecule has 0 saturated carbocycles. The van der Waals surface area contributed by atoms with Crippen molar-refractivity contribution in [2.24, 2.45) is 0 Å². The zero-order valence-electron chi connectivity index (χ0n) is 6.80. The van der Waals surface area contributed by atoms with Crippen molar-refractivity contribution in [3.63, 3.8) is 0 Å². The lowest BCUT2D eigenvalue weighted by Gasteiger charge is -1.99. The molecule has 0 unspecified atom stereocenters. The molecule has 1 aliphatic rings. The minimum absolute atomic E-state index is 0.0176. The fourth-order valence-corrected chi connectivity index (χ4v) is 1.59. The number of benzene rings is 1. The van der Waals surface area contributed by atoms with Crippen LogP contribution < -0.4 is 0 Å². The van der Waals surface area contributed by atoms with Gasteiger partial charge in [-0.2, -0.15) is 5.26 Å². The summed E-state index contributed by atoms with van der Waals surface area (Å²) in [6.45, 7) is 0. The van der Waals surface area contributed by atoms with Crippen molar-refractivity contribution in [2.45, 2.75) is 12.8 Å². The van der Waals surface area contributed by atoms with Gasteiger partial charge in [-0.15, -0.1) is 0 Å². The summed E-state index contributed by atoms with van der Waals surface area (Å²) in [5.74, 6) is -0.413. The largest absolute Gasteiger partial charge is 0.299 e. The van der Waals surface area contributed by atoms with E-state index in [1.807, 2.05) is 6.07 Å². The maximum Gasteiger partial charge on any atom is 0.141 e. The number of hydrogen-bond donors (Lipinski definition) is 0. The van der Waals surface area contributed by atoms with Gasteiger partial charge < -0.3 is 0 Å². The first kappa shape index (κ1) is 7.93. The Morgan fingerprint density at radius 2 is 2.15 bits per heavy atom. The number of halogens is 1. The first-order valence-electron chi connectivity index (χ1n) is 3.94. The first-order valence-corrected chi connectivity index (χ1v) is 3.94. The van der Waals surface area contributed by atoms with Crippen molar-refractivity contribution in [2.75, 3.05) is 0 Å². The third-order valence-electron chi connectivity index (χ3n) is 2.18. The fourth-order valence-electron chi connectivity index (χ4n) is 1.59. The number of nitrogens with zero attached hydrogens (tertiary/aromatic N) is 1. The minimum Gasteiger partial charge on any atom is -0.299 e. The Morgan fingerprint density at radius 3 is 2.85 bits per heavy atom. The Labute approximate surface area is 74.6 Å². The molecule has 0 bridgehead atoms. The summed E-state index contributed by atoms with van der Waals surface area (Å²) in [4.78, 5) is 11.0. The molecule has 1 aliphatic carbocycles. The summed E-state index contributed by atoms with van der Waals surface area (Å²) in [7, 11) is 0. The second-order valence-corrected chi connectivity index (χ2v) is 3.10. The molecule has 0 amide bonds. The first-order chi connectivity index (χ1) is 6.20. The molecular weight excluding hydrogens is 169 g/mol. The zero-order chi connectivity index (χ0) is 9.42. The number of carbonyl (C=O) groups excluding carboxylic acids is 1. The van der Waals surface area contributed by atoms with Crippen molar-refractivity contribution in [3.8, 4) is 6.07 Å². The highest BCUT2D eigenvalue weighted by atomic mass is 19.1. The standard InChI is InChI=1S/C10H6FNO/c11-10-2-6(5-12)1-7-3-8(13)4-9(7)10/h1-2H,3-4H2. The smallest absolute Gasteiger partial charge is 0.141 e. The normalized spacial score (nSPS) is 14.0. The van der Waals surface area contributed by atoms with E-state index in [0.29, 0.717) is 11.1 Å². The number of fused-ring (bicyclic) bond motifs is 1. The molecule has 0 aromatic heterocycles. The number of hydrogen-bond acceptors (Lipinski definition) is 2. The Bertz CT molecular complexity index is 431. The second-order valence-electron chi connectivity index (χ2n) is 3.10. The Morgan fingerprint density at radius 1 is 1.38 bits per heavy atom. The summed E-state index contributed by atoms with van der Waals surface area (Å²) in [6.07, 6.45) is 0.439. The summed E-state index contributed by atoms with van der Waals surface area (Å²) in [6, 6.07) is 4.63. The van der Waals surface area contributed by atoms with Crippen LogP contribution in [0.25, 0.3) is 0 Å². The molecule has 3 heteroatoms. The summed E-state index contributed by atoms with van der Waals surface area (Å²) >= 11 is 0. The van der Waals surface area contributed by atoms with E-state index >= 15 is 0 Å². The van der Waals surface area contributed by atoms with Gasteiger partial charge in [0.1, 0.15) is 11.6 Å². The van der Waals surface area contributed by atoms with Crippen LogP contribution in [-0.2, 0) is 17.6 Å². The van der Waals surface area contributed by atoms with E-state index < -0.39 is 5.82 Å². The monoisotopic (exact) mass is 175 g/mol. The third kappa shape index (κ3) is 1.20. The van der Waals surface area contributed by atoms with Gasteiger partial charge in [-0.25, -0.2) is 4.39 Å². The van der Waals surface area contributed by atoms with Crippen LogP contribution in [0.5, 0.6) is 0 Å². The molecular formula is C10H6FNO. The van der Waals surface area contributed by atoms with Crippen LogP contribution in [0, 0.1) is 17.1 Å². The molecule has 0 atom stereocenters. The third-order valence-corrected chi connectivity index (χ3v) is 2.18. The molecule has 0 fully saturated rings. The van der Waals surface area contributed by atoms with Crippen LogP contribution in [0.15, 0.2) is 12.1 Å². The van der Waals surface area contributed by atoms with Gasteiger partial charge in [0.05, 0.1) is 11.6 Å². The molecule has 13 heavy (non-hydrogen) atoms. The lowest BCUT2D eigenvalue weighted by atomic mass is 10.1. The SMILES string of the molecule is N#Cc1cc(F)c2c(c1)CC(=O)C2. The molecule has 0 aliphatic heterocycles. The quantitative estimate of drug-likeness (QED) is 0.597. The van der Waals surface area contributed by atoms with Gasteiger partial charge >= 0.3 is 0 Å². The Kier molecular flexibility index (Phi) is 1.63. The van der Waals surface area contributed by atoms with Crippen molar-refractivity contribution in [1.29, 1.82) is 5.26 Å². The van der Waals surface area contributed by atoms with Gasteiger partial charge in [-0.3, -0.25) is 4.79 Å². The highest BCUT2D eigenvalue weighted by Crippen LogP contribution is 2.23. The molecule has 2 rings (SSSR count). The predicted molar refractivity (Wildman–Crippen MR) is 43.5 cm³/mol. The molecule has 0 saturated heterocycles. The van der Waals surface area contributed by atoms with Gasteiger partial charge in [0.15, 0.2) is 0 Å². The fraction of sp³-hybridized carbons (Fsp3) is 0.200. The van der Waals surface area contributed by atoms with Gasteiger partial charge in [0, 0.05) is 12.8 Å². The van der Waals surface area contributed by atoms with Gasteiger partial charge in [0.2, 0.25) is 0 Å². The van der Waals surface area contributed by atoms with Crippen molar-refractivity contribution >= 4 is 5.78 Å². The lowest BCUT2D eigenvalue weighted by molar-refractivity contribution is -0.117. The molecule has 64 valence electrons. The number of carbonyl (C=O) groups is 1. The summed E-state index contributed by atoms with van der Waals surface area (Å²) < 4.78 is 13.2. The molecule has 0 radical (unpaired) electrons. The van der Waals surface area contributed by atoms with Crippen LogP contribution in [0.1, 0.15) is 16.7 Å². The molecule has 0 N–H and O–H groups in total. The average molecular weight is 175 g/mol. The topological polar surface area (TPSA) is 40.9 Å². The van der Waals surface area contributed by atoms with Crippen LogP contribution >= 0.6 is 0 Å². The molecule has 1 aromatic carbocycles. The van der Waals surface area contributed by atoms with E-state index in [0.717, 1.165) is 0 Å².